The Kier molecular flexibility index (Phi) is 22.1. The number of aromatic nitrogens is 16. The van der Waals surface area contributed by atoms with Gasteiger partial charge in [0, 0.05) is 91.3 Å². The van der Waals surface area contributed by atoms with E-state index in [0.717, 1.165) is 265 Å². The molecule has 1 N–H and O–H groups in total. The van der Waals surface area contributed by atoms with Gasteiger partial charge in [-0.3, -0.25) is 4.79 Å². The molecule has 4 aliphatic carbocycles. The van der Waals surface area contributed by atoms with Crippen LogP contribution in [0.1, 0.15) is 221 Å². The number of aryl methyl sites for hydroxylation is 4. The van der Waals surface area contributed by atoms with Crippen molar-refractivity contribution in [1.29, 1.82) is 0 Å². The van der Waals surface area contributed by atoms with Gasteiger partial charge in [0.15, 0.2) is 28.4 Å². The predicted octanol–water partition coefficient (Wildman–Crippen LogP) is 11.0. The van der Waals surface area contributed by atoms with Crippen LogP contribution in [0.15, 0.2) is 24.8 Å². The van der Waals surface area contributed by atoms with E-state index >= 15 is 0 Å². The number of Topliss-reactive ketones (excluding diaryl/α,β-unsaturated/α-hetero) is 1. The van der Waals surface area contributed by atoms with E-state index < -0.39 is 0 Å². The number of fused-ring (bicyclic) bond motifs is 12. The van der Waals surface area contributed by atoms with Gasteiger partial charge < -0.3 is 57.9 Å². The first kappa shape index (κ1) is 74.8. The number of ketones is 1. The number of nitrogens with zero attached hydrogens (tertiary/aromatic N) is 20. The Labute approximate surface area is 643 Å². The van der Waals surface area contributed by atoms with Gasteiger partial charge in [-0.25, -0.2) is 58.6 Å². The van der Waals surface area contributed by atoms with E-state index in [1.54, 1.807) is 0 Å². The molecule has 8 aromatic rings. The van der Waals surface area contributed by atoms with Crippen LogP contribution in [0.25, 0.3) is 44.1 Å². The van der Waals surface area contributed by atoms with E-state index in [1.165, 1.54) is 51.4 Å². The lowest BCUT2D eigenvalue weighted by atomic mass is 9.87. The van der Waals surface area contributed by atoms with Crippen LogP contribution in [0.3, 0.4) is 0 Å². The summed E-state index contributed by atoms with van der Waals surface area (Å²) in [5.74, 6) is 8.13. The first-order valence-corrected chi connectivity index (χ1v) is 41.3. The SMILES string of the molecule is C1CCOC1.Cc1nc(N2CC3CCC(C2)O3)c2cnn(C3CCC(=O)CC3)c2n1.Cc1nc(N2CC3CCC(C2)O3)c2cnn(C3CCC(C)CC3)c2n1.Cc1nc(N2CC3CCC(C2)O3)c2cnn(C3CCC(O)CC3)c2n1.Cc1nc(N2CC3CCC(C2)O3)c2cnn(C3CCC4(CC3)OCCO4)c2n1.Cl. The largest absolute Gasteiger partial charge is 0.393 e. The molecule has 0 aromatic carbocycles. The highest BCUT2D eigenvalue weighted by molar-refractivity contribution is 5.90. The minimum Gasteiger partial charge on any atom is -0.393 e. The molecule has 8 bridgehead atoms. The van der Waals surface area contributed by atoms with E-state index in [2.05, 4.69) is 55.8 Å². The van der Waals surface area contributed by atoms with Gasteiger partial charge in [0.1, 0.15) is 52.4 Å². The lowest BCUT2D eigenvalue weighted by Gasteiger charge is -2.35. The molecule has 10 aliphatic heterocycles. The lowest BCUT2D eigenvalue weighted by Crippen LogP contribution is -2.43. The summed E-state index contributed by atoms with van der Waals surface area (Å²) < 4.78 is 49.0. The lowest BCUT2D eigenvalue weighted by molar-refractivity contribution is -0.181. The average Bonchev–Trinajstić information content (AvgIpc) is 1.66. The van der Waals surface area contributed by atoms with Crippen LogP contribution in [0.2, 0.25) is 0 Å². The topological polar surface area (TPSA) is 289 Å². The highest BCUT2D eigenvalue weighted by atomic mass is 35.5. The molecule has 10 saturated heterocycles. The summed E-state index contributed by atoms with van der Waals surface area (Å²) >= 11 is 0. The summed E-state index contributed by atoms with van der Waals surface area (Å²) in [6.45, 7) is 21.0. The van der Waals surface area contributed by atoms with Gasteiger partial charge in [0.25, 0.3) is 0 Å². The highest BCUT2D eigenvalue weighted by Crippen LogP contribution is 2.44. The monoisotopic (exact) mass is 1520 g/mol. The number of ether oxygens (including phenoxy) is 7. The van der Waals surface area contributed by atoms with E-state index in [1.807, 2.05) is 57.2 Å². The molecule has 22 rings (SSSR count). The second-order valence-corrected chi connectivity index (χ2v) is 33.4. The Bertz CT molecular complexity index is 4280. The molecule has 8 atom stereocenters. The number of halogens is 1. The average molecular weight is 1520 g/mol. The molecule has 8 aromatic heterocycles. The number of hydrogen-bond acceptors (Lipinski definition) is 25. The van der Waals surface area contributed by atoms with Gasteiger partial charge in [-0.05, 0) is 175 Å². The van der Waals surface area contributed by atoms with E-state index in [4.69, 9.17) is 78.2 Å². The second-order valence-electron chi connectivity index (χ2n) is 33.4. The summed E-state index contributed by atoms with van der Waals surface area (Å²) in [6.07, 6.45) is 37.5. The molecule has 109 heavy (non-hydrogen) atoms. The van der Waals surface area contributed by atoms with Crippen LogP contribution in [0.5, 0.6) is 0 Å². The fraction of sp³-hybridized carbons (Fsp3) is 0.734. The third-order valence-corrected chi connectivity index (χ3v) is 25.5. The summed E-state index contributed by atoms with van der Waals surface area (Å²) in [7, 11) is 0. The van der Waals surface area contributed by atoms with Crippen LogP contribution in [-0.2, 0) is 38.0 Å². The number of rotatable bonds is 8. The first-order valence-electron chi connectivity index (χ1n) is 41.3. The zero-order valence-electron chi connectivity index (χ0n) is 64.3. The molecule has 18 heterocycles. The fourth-order valence-corrected chi connectivity index (χ4v) is 19.8. The van der Waals surface area contributed by atoms with Crippen molar-refractivity contribution in [2.75, 3.05) is 98.4 Å². The maximum Gasteiger partial charge on any atom is 0.168 e. The fourth-order valence-electron chi connectivity index (χ4n) is 19.8. The molecule has 29 nitrogen and oxygen atoms in total. The van der Waals surface area contributed by atoms with Gasteiger partial charge >= 0.3 is 0 Å². The number of aliphatic hydroxyl groups excluding tert-OH is 1. The Balaban J connectivity index is 0.000000104. The Morgan fingerprint density at radius 3 is 0.945 bits per heavy atom. The van der Waals surface area contributed by atoms with Gasteiger partial charge in [0.2, 0.25) is 0 Å². The van der Waals surface area contributed by atoms with Gasteiger partial charge in [-0.15, -0.1) is 12.4 Å². The second kappa shape index (κ2) is 32.3. The zero-order valence-corrected chi connectivity index (χ0v) is 65.1. The molecule has 14 aliphatic rings. The van der Waals surface area contributed by atoms with Crippen molar-refractivity contribution in [3.05, 3.63) is 48.1 Å². The maximum atomic E-state index is 11.6. The predicted molar refractivity (Wildman–Crippen MR) is 413 cm³/mol. The number of carbonyl (C=O) groups excluding carboxylic acids is 1. The van der Waals surface area contributed by atoms with Gasteiger partial charge in [0.05, 0.1) is 139 Å². The number of aliphatic hydroxyl groups is 1. The first-order chi connectivity index (χ1) is 52.7. The van der Waals surface area contributed by atoms with Gasteiger partial charge in [-0.2, -0.15) is 20.4 Å². The van der Waals surface area contributed by atoms with Crippen LogP contribution in [-0.4, -0.2) is 229 Å². The van der Waals surface area contributed by atoms with Crippen molar-refractivity contribution >= 4 is 85.6 Å². The normalized spacial score (nSPS) is 30.0. The van der Waals surface area contributed by atoms with E-state index in [-0.39, 0.29) is 30.3 Å². The molecule has 0 amide bonds. The van der Waals surface area contributed by atoms with Crippen LogP contribution in [0, 0.1) is 33.6 Å². The molecule has 8 unspecified atom stereocenters. The summed E-state index contributed by atoms with van der Waals surface area (Å²) in [5, 5.41) is 32.8. The van der Waals surface area contributed by atoms with Crippen LogP contribution in [0.4, 0.5) is 23.3 Å². The molecule has 30 heteroatoms. The standard InChI is InChI=1S/C20H27N5O3.C19H27N5O.C18H25N5O2.C18H23N5O2.C4H8O.ClH/c1-13-22-18(24-11-15-2-3-16(12-24)28-15)17-10-21-25(19(17)23-13)14-4-6-20(7-5-14)26-8-9-27-20;1-12-3-5-14(6-4-12)24-19-17(9-20-24)18(21-13(2)22-19)23-10-15-7-8-16(11-23)25-15;2*1-11-20-17(22-9-14-6-7-15(10-22)25-14)16-8-19-23(18(16)21-11)12-2-4-13(24)5-3-12;1-2-4-5-3-1;/h10,14-16H,2-9,11-12H2,1H3;9,12,14-16H,3-8,10-11H2,1-2H3;8,12-15,24H,2-7,9-10H2,1H3;8,12,14-15H,2-7,9-10H2,1H3;1-4H2;1H. The summed E-state index contributed by atoms with van der Waals surface area (Å²) in [6, 6.07) is 1.40. The van der Waals surface area contributed by atoms with Crippen molar-refractivity contribution < 1.29 is 43.1 Å². The van der Waals surface area contributed by atoms with Crippen molar-refractivity contribution in [2.45, 2.75) is 286 Å². The van der Waals surface area contributed by atoms with Crippen molar-refractivity contribution in [2.24, 2.45) is 5.92 Å². The molecule has 14 fully saturated rings. The number of hydrogen-bond donors (Lipinski definition) is 1. The van der Waals surface area contributed by atoms with E-state index in [0.29, 0.717) is 98.8 Å². The number of carbonyl (C=O) groups is 1. The van der Waals surface area contributed by atoms with Gasteiger partial charge in [-0.1, -0.05) is 6.92 Å². The minimum absolute atomic E-state index is 0. The molecule has 588 valence electrons. The maximum absolute atomic E-state index is 11.6. The highest BCUT2D eigenvalue weighted by Gasteiger charge is 2.44. The van der Waals surface area contributed by atoms with Crippen molar-refractivity contribution in [1.82, 2.24) is 79.0 Å². The molecule has 0 radical (unpaired) electrons. The molecular formula is C79H111ClN20O9. The molecule has 4 saturated carbocycles. The third-order valence-electron chi connectivity index (χ3n) is 25.5. The molecular weight excluding hydrogens is 1410 g/mol. The smallest absolute Gasteiger partial charge is 0.168 e. The number of anilines is 4. The van der Waals surface area contributed by atoms with Crippen molar-refractivity contribution in [3.63, 3.8) is 0 Å². The molecule has 1 spiro atoms. The van der Waals surface area contributed by atoms with E-state index in [9.17, 15) is 9.90 Å². The Morgan fingerprint density at radius 2 is 0.651 bits per heavy atom. The quantitative estimate of drug-likeness (QED) is 0.148. The minimum atomic E-state index is -0.345. The Hall–Kier alpha value is -6.96. The van der Waals surface area contributed by atoms with Crippen molar-refractivity contribution in [3.8, 4) is 0 Å². The Morgan fingerprint density at radius 1 is 0.367 bits per heavy atom. The van der Waals surface area contributed by atoms with Crippen LogP contribution < -0.4 is 19.6 Å². The third kappa shape index (κ3) is 16.0. The zero-order chi connectivity index (χ0) is 73.2. The van der Waals surface area contributed by atoms with Crippen LogP contribution >= 0.6 is 12.4 Å². The summed E-state index contributed by atoms with van der Waals surface area (Å²) in [5.41, 5.74) is 3.81. The number of morpholine rings is 4. The summed E-state index contributed by atoms with van der Waals surface area (Å²) in [4.78, 5) is 59.1.